The van der Waals surface area contributed by atoms with Gasteiger partial charge in [-0.25, -0.2) is 4.79 Å². The van der Waals surface area contributed by atoms with Crippen molar-refractivity contribution in [3.05, 3.63) is 0 Å². The molecule has 0 aromatic rings. The molecule has 88 valence electrons. The normalized spacial score (nSPS) is 18.2. The predicted molar refractivity (Wildman–Crippen MR) is 62.0 cm³/mol. The zero-order chi connectivity index (χ0) is 10.9. The van der Waals surface area contributed by atoms with Crippen LogP contribution in [0.5, 0.6) is 0 Å². The third-order valence-corrected chi connectivity index (χ3v) is 2.93. The molecule has 3 N–H and O–H groups in total. The van der Waals surface area contributed by atoms with E-state index in [0.717, 1.165) is 6.54 Å². The molecule has 0 bridgehead atoms. The summed E-state index contributed by atoms with van der Waals surface area (Å²) >= 11 is 0. The average molecular weight is 213 g/mol. The lowest BCUT2D eigenvalue weighted by atomic mass is 10.1. The van der Waals surface area contributed by atoms with Gasteiger partial charge in [-0.1, -0.05) is 25.7 Å². The van der Waals surface area contributed by atoms with Crippen LogP contribution in [0.15, 0.2) is 0 Å². The Balaban J connectivity index is 2.00. The predicted octanol–water partition coefficient (Wildman–Crippen LogP) is 1.23. The quantitative estimate of drug-likeness (QED) is 0.486. The van der Waals surface area contributed by atoms with Gasteiger partial charge in [0.05, 0.1) is 0 Å². The number of amides is 2. The zero-order valence-electron chi connectivity index (χ0n) is 9.64. The molecule has 1 aliphatic rings. The van der Waals surface area contributed by atoms with Crippen molar-refractivity contribution in [1.29, 1.82) is 0 Å². The van der Waals surface area contributed by atoms with Gasteiger partial charge in [0.25, 0.3) is 0 Å². The average Bonchev–Trinajstić information content (AvgIpc) is 2.52. The van der Waals surface area contributed by atoms with Gasteiger partial charge in [0.2, 0.25) is 0 Å². The second-order valence-corrected chi connectivity index (χ2v) is 4.15. The summed E-state index contributed by atoms with van der Waals surface area (Å²) in [5, 5.41) is 8.81. The fourth-order valence-electron chi connectivity index (χ4n) is 2.02. The van der Waals surface area contributed by atoms with Gasteiger partial charge in [-0.2, -0.15) is 0 Å². The summed E-state index contributed by atoms with van der Waals surface area (Å²) in [7, 11) is 1.63. The Morgan fingerprint density at radius 1 is 1.13 bits per heavy atom. The first kappa shape index (κ1) is 12.3. The summed E-state index contributed by atoms with van der Waals surface area (Å²) in [4.78, 5) is 10.9. The van der Waals surface area contributed by atoms with E-state index >= 15 is 0 Å². The Bertz CT molecular complexity index is 177. The Kier molecular flexibility index (Phi) is 6.16. The highest BCUT2D eigenvalue weighted by Crippen LogP contribution is 2.16. The molecule has 15 heavy (non-hydrogen) atoms. The molecule has 0 spiro atoms. The monoisotopic (exact) mass is 213 g/mol. The van der Waals surface area contributed by atoms with E-state index in [1.807, 2.05) is 0 Å². The maximum absolute atomic E-state index is 10.9. The van der Waals surface area contributed by atoms with Crippen molar-refractivity contribution < 1.29 is 4.79 Å². The van der Waals surface area contributed by atoms with Gasteiger partial charge in [-0.15, -0.1) is 0 Å². The molecule has 1 rings (SSSR count). The van der Waals surface area contributed by atoms with Gasteiger partial charge >= 0.3 is 6.03 Å². The standard InChI is InChI=1S/C11H23N3O/c1-12-11(15)14-9-8-13-10-6-4-2-3-5-7-10/h10,13H,2-9H2,1H3,(H2,12,14,15). The highest BCUT2D eigenvalue weighted by atomic mass is 16.2. The minimum Gasteiger partial charge on any atom is -0.341 e. The van der Waals surface area contributed by atoms with Crippen LogP contribution >= 0.6 is 0 Å². The fraction of sp³-hybridized carbons (Fsp3) is 0.909. The number of hydrogen-bond acceptors (Lipinski definition) is 2. The highest BCUT2D eigenvalue weighted by Gasteiger charge is 2.10. The third kappa shape index (κ3) is 5.62. The van der Waals surface area contributed by atoms with Crippen LogP contribution in [0.4, 0.5) is 4.79 Å². The Morgan fingerprint density at radius 3 is 2.40 bits per heavy atom. The van der Waals surface area contributed by atoms with E-state index in [0.29, 0.717) is 12.6 Å². The van der Waals surface area contributed by atoms with Crippen LogP contribution in [0.3, 0.4) is 0 Å². The molecule has 0 saturated heterocycles. The third-order valence-electron chi connectivity index (χ3n) is 2.93. The summed E-state index contributed by atoms with van der Waals surface area (Å²) < 4.78 is 0. The molecule has 0 atom stereocenters. The van der Waals surface area contributed by atoms with E-state index in [9.17, 15) is 4.79 Å². The van der Waals surface area contributed by atoms with Crippen molar-refractivity contribution in [3.63, 3.8) is 0 Å². The van der Waals surface area contributed by atoms with Crippen molar-refractivity contribution >= 4 is 6.03 Å². The van der Waals surface area contributed by atoms with Crippen molar-refractivity contribution in [2.45, 2.75) is 44.6 Å². The van der Waals surface area contributed by atoms with Crippen LogP contribution in [0, 0.1) is 0 Å². The van der Waals surface area contributed by atoms with Gasteiger partial charge in [-0.05, 0) is 12.8 Å². The van der Waals surface area contributed by atoms with Crippen LogP contribution in [-0.2, 0) is 0 Å². The summed E-state index contributed by atoms with van der Waals surface area (Å²) in [6.07, 6.45) is 8.05. The van der Waals surface area contributed by atoms with E-state index < -0.39 is 0 Å². The van der Waals surface area contributed by atoms with Gasteiger partial charge in [0.1, 0.15) is 0 Å². The second-order valence-electron chi connectivity index (χ2n) is 4.15. The van der Waals surface area contributed by atoms with E-state index in [4.69, 9.17) is 0 Å². The van der Waals surface area contributed by atoms with Gasteiger partial charge in [0, 0.05) is 26.2 Å². The molecular formula is C11H23N3O. The molecule has 0 heterocycles. The Morgan fingerprint density at radius 2 is 1.80 bits per heavy atom. The Hall–Kier alpha value is -0.770. The van der Waals surface area contributed by atoms with Gasteiger partial charge in [0.15, 0.2) is 0 Å². The summed E-state index contributed by atoms with van der Waals surface area (Å²) in [5.41, 5.74) is 0. The van der Waals surface area contributed by atoms with Gasteiger partial charge in [-0.3, -0.25) is 0 Å². The van der Waals surface area contributed by atoms with E-state index in [-0.39, 0.29) is 6.03 Å². The highest BCUT2D eigenvalue weighted by molar-refractivity contribution is 5.73. The topological polar surface area (TPSA) is 53.2 Å². The molecular weight excluding hydrogens is 190 g/mol. The summed E-state index contributed by atoms with van der Waals surface area (Å²) in [6.45, 7) is 1.58. The van der Waals surface area contributed by atoms with Crippen LogP contribution in [0.25, 0.3) is 0 Å². The van der Waals surface area contributed by atoms with Crippen molar-refractivity contribution in [2.24, 2.45) is 0 Å². The van der Waals surface area contributed by atoms with Crippen LogP contribution in [0.1, 0.15) is 38.5 Å². The smallest absolute Gasteiger partial charge is 0.314 e. The van der Waals surface area contributed by atoms with Crippen molar-refractivity contribution in [3.8, 4) is 0 Å². The largest absolute Gasteiger partial charge is 0.341 e. The van der Waals surface area contributed by atoms with E-state index in [1.54, 1.807) is 7.05 Å². The first-order chi connectivity index (χ1) is 7.33. The molecule has 0 aliphatic heterocycles. The summed E-state index contributed by atoms with van der Waals surface area (Å²) in [5.74, 6) is 0. The minimum atomic E-state index is -0.0994. The summed E-state index contributed by atoms with van der Waals surface area (Å²) in [6, 6.07) is 0.566. The molecule has 0 aromatic carbocycles. The van der Waals surface area contributed by atoms with Crippen molar-refractivity contribution in [2.75, 3.05) is 20.1 Å². The fourth-order valence-corrected chi connectivity index (χ4v) is 2.02. The molecule has 1 fully saturated rings. The number of nitrogens with one attached hydrogen (secondary N) is 3. The molecule has 4 nitrogen and oxygen atoms in total. The van der Waals surface area contributed by atoms with E-state index in [1.165, 1.54) is 38.5 Å². The van der Waals surface area contributed by atoms with Crippen molar-refractivity contribution in [1.82, 2.24) is 16.0 Å². The second kappa shape index (κ2) is 7.51. The number of carbonyl (C=O) groups is 1. The minimum absolute atomic E-state index is 0.0994. The van der Waals surface area contributed by atoms with Crippen LogP contribution in [-0.4, -0.2) is 32.2 Å². The lowest BCUT2D eigenvalue weighted by molar-refractivity contribution is 0.242. The molecule has 0 unspecified atom stereocenters. The maximum Gasteiger partial charge on any atom is 0.314 e. The molecule has 0 radical (unpaired) electrons. The zero-order valence-corrected chi connectivity index (χ0v) is 9.64. The molecule has 4 heteroatoms. The molecule has 1 saturated carbocycles. The molecule has 2 amide bonds. The Labute approximate surface area is 92.2 Å². The first-order valence-electron chi connectivity index (χ1n) is 6.02. The lowest BCUT2D eigenvalue weighted by Gasteiger charge is -2.16. The van der Waals surface area contributed by atoms with Crippen LogP contribution < -0.4 is 16.0 Å². The number of carbonyl (C=O) groups excluding carboxylic acids is 1. The SMILES string of the molecule is CNC(=O)NCCNC1CCCCCC1. The van der Waals surface area contributed by atoms with Gasteiger partial charge < -0.3 is 16.0 Å². The van der Waals surface area contributed by atoms with E-state index in [2.05, 4.69) is 16.0 Å². The lowest BCUT2D eigenvalue weighted by Crippen LogP contribution is -2.40. The number of urea groups is 1. The number of hydrogen-bond donors (Lipinski definition) is 3. The maximum atomic E-state index is 10.9. The van der Waals surface area contributed by atoms with Crippen LogP contribution in [0.2, 0.25) is 0 Å². The molecule has 1 aliphatic carbocycles. The molecule has 0 aromatic heterocycles. The first-order valence-corrected chi connectivity index (χ1v) is 6.02. The number of rotatable bonds is 4.